The fourth-order valence-electron chi connectivity index (χ4n) is 2.09. The lowest BCUT2D eigenvalue weighted by molar-refractivity contribution is -0.145. The van der Waals surface area contributed by atoms with Crippen molar-refractivity contribution in [1.29, 1.82) is 0 Å². The van der Waals surface area contributed by atoms with Crippen molar-refractivity contribution >= 4 is 11.9 Å². The predicted octanol–water partition coefficient (Wildman–Crippen LogP) is 0.169. The summed E-state index contributed by atoms with van der Waals surface area (Å²) < 4.78 is 4.62. The second-order valence-electron chi connectivity index (χ2n) is 4.10. The third kappa shape index (κ3) is 2.72. The Bertz CT molecular complexity index is 267. The third-order valence-electron chi connectivity index (χ3n) is 2.97. The second-order valence-corrected chi connectivity index (χ2v) is 4.10. The quantitative estimate of drug-likeness (QED) is 0.682. The number of likely N-dealkylation sites (tertiary alicyclic amines) is 1. The maximum absolute atomic E-state index is 11.7. The molecule has 92 valence electrons. The van der Waals surface area contributed by atoms with Crippen LogP contribution in [0.25, 0.3) is 0 Å². The molecule has 0 saturated carbocycles. The number of nitrogens with zero attached hydrogens (tertiary/aromatic N) is 1. The average Bonchev–Trinajstić information content (AvgIpc) is 2.67. The van der Waals surface area contributed by atoms with Crippen LogP contribution in [0.15, 0.2) is 0 Å². The highest BCUT2D eigenvalue weighted by molar-refractivity contribution is 5.86. The summed E-state index contributed by atoms with van der Waals surface area (Å²) in [6, 6.07) is -0.160. The molecular formula is C11H19NO4. The largest absolute Gasteiger partial charge is 0.469 e. The highest BCUT2D eigenvalue weighted by atomic mass is 16.5. The van der Waals surface area contributed by atoms with Crippen molar-refractivity contribution < 1.29 is 19.4 Å². The van der Waals surface area contributed by atoms with Crippen LogP contribution in [0.1, 0.15) is 26.2 Å². The van der Waals surface area contributed by atoms with Crippen molar-refractivity contribution in [2.24, 2.45) is 5.92 Å². The average molecular weight is 229 g/mol. The lowest BCUT2D eigenvalue weighted by atomic mass is 10.1. The first-order valence-corrected chi connectivity index (χ1v) is 5.62. The molecule has 1 N–H and O–H groups in total. The van der Waals surface area contributed by atoms with Crippen molar-refractivity contribution in [2.45, 2.75) is 32.2 Å². The maximum Gasteiger partial charge on any atom is 0.310 e. The number of hydrogen-bond donors (Lipinski definition) is 1. The first-order chi connectivity index (χ1) is 7.63. The number of esters is 1. The van der Waals surface area contributed by atoms with E-state index in [-0.39, 0.29) is 36.9 Å². The van der Waals surface area contributed by atoms with E-state index in [1.807, 2.05) is 6.92 Å². The van der Waals surface area contributed by atoms with Crippen molar-refractivity contribution in [3.05, 3.63) is 0 Å². The van der Waals surface area contributed by atoms with Crippen molar-refractivity contribution in [2.75, 3.05) is 20.3 Å². The molecule has 2 unspecified atom stereocenters. The summed E-state index contributed by atoms with van der Waals surface area (Å²) in [5, 5.41) is 9.21. The third-order valence-corrected chi connectivity index (χ3v) is 2.97. The minimum absolute atomic E-state index is 0.0481. The van der Waals surface area contributed by atoms with Crippen LogP contribution >= 0.6 is 0 Å². The number of carbonyl (C=O) groups is 2. The molecule has 16 heavy (non-hydrogen) atoms. The summed E-state index contributed by atoms with van der Waals surface area (Å²) in [7, 11) is 1.32. The molecule has 1 heterocycles. The molecule has 1 aliphatic heterocycles. The van der Waals surface area contributed by atoms with Crippen LogP contribution in [0.2, 0.25) is 0 Å². The number of rotatable bonds is 5. The Kier molecular flexibility index (Phi) is 4.73. The van der Waals surface area contributed by atoms with Crippen LogP contribution in [-0.2, 0) is 14.3 Å². The molecule has 5 nitrogen and oxygen atoms in total. The zero-order chi connectivity index (χ0) is 12.1. The van der Waals surface area contributed by atoms with Gasteiger partial charge in [0.15, 0.2) is 0 Å². The van der Waals surface area contributed by atoms with Crippen LogP contribution < -0.4 is 0 Å². The van der Waals surface area contributed by atoms with Gasteiger partial charge < -0.3 is 14.7 Å². The van der Waals surface area contributed by atoms with E-state index in [0.717, 1.165) is 12.8 Å². The van der Waals surface area contributed by atoms with Gasteiger partial charge in [0.05, 0.1) is 25.7 Å². The van der Waals surface area contributed by atoms with E-state index in [1.165, 1.54) is 7.11 Å². The number of carbonyl (C=O) groups excluding carboxylic acids is 2. The van der Waals surface area contributed by atoms with Crippen LogP contribution in [-0.4, -0.2) is 48.2 Å². The zero-order valence-electron chi connectivity index (χ0n) is 9.81. The van der Waals surface area contributed by atoms with Gasteiger partial charge in [-0.15, -0.1) is 0 Å². The molecule has 0 radical (unpaired) electrons. The predicted molar refractivity (Wildman–Crippen MR) is 57.6 cm³/mol. The topological polar surface area (TPSA) is 66.8 Å². The molecule has 1 fully saturated rings. The summed E-state index contributed by atoms with van der Waals surface area (Å²) >= 11 is 0. The van der Waals surface area contributed by atoms with Crippen molar-refractivity contribution in [3.8, 4) is 0 Å². The summed E-state index contributed by atoms with van der Waals surface area (Å²) in [5.74, 6) is -0.782. The fraction of sp³-hybridized carbons (Fsp3) is 0.818. The second kappa shape index (κ2) is 5.84. The van der Waals surface area contributed by atoms with Gasteiger partial charge >= 0.3 is 5.97 Å². The van der Waals surface area contributed by atoms with E-state index >= 15 is 0 Å². The number of ether oxygens (including phenoxy) is 1. The molecule has 0 aromatic rings. The highest BCUT2D eigenvalue weighted by Gasteiger charge is 2.37. The van der Waals surface area contributed by atoms with Gasteiger partial charge in [-0.25, -0.2) is 0 Å². The molecule has 0 aromatic carbocycles. The van der Waals surface area contributed by atoms with Crippen LogP contribution in [0.5, 0.6) is 0 Å². The minimum atomic E-state index is -0.372. The van der Waals surface area contributed by atoms with E-state index < -0.39 is 0 Å². The fourth-order valence-corrected chi connectivity index (χ4v) is 2.09. The van der Waals surface area contributed by atoms with E-state index in [4.69, 9.17) is 0 Å². The smallest absolute Gasteiger partial charge is 0.310 e. The molecule has 2 atom stereocenters. The molecular weight excluding hydrogens is 210 g/mol. The molecule has 1 saturated heterocycles. The summed E-state index contributed by atoms with van der Waals surface area (Å²) in [6.45, 7) is 2.32. The Balaban J connectivity index is 2.62. The van der Waals surface area contributed by atoms with Crippen molar-refractivity contribution in [3.63, 3.8) is 0 Å². The summed E-state index contributed by atoms with van der Waals surface area (Å²) in [5.41, 5.74) is 0. The lowest BCUT2D eigenvalue weighted by Crippen LogP contribution is -2.39. The number of methoxy groups -OCH3 is 1. The Hall–Kier alpha value is -1.10. The van der Waals surface area contributed by atoms with Gasteiger partial charge in [-0.1, -0.05) is 13.3 Å². The molecule has 0 spiro atoms. The number of aliphatic hydroxyl groups is 1. The Labute approximate surface area is 95.4 Å². The lowest BCUT2D eigenvalue weighted by Gasteiger charge is -2.25. The minimum Gasteiger partial charge on any atom is -0.469 e. The van der Waals surface area contributed by atoms with E-state index in [1.54, 1.807) is 4.90 Å². The van der Waals surface area contributed by atoms with Gasteiger partial charge in [0.2, 0.25) is 5.91 Å². The first-order valence-electron chi connectivity index (χ1n) is 5.62. The van der Waals surface area contributed by atoms with Crippen LogP contribution in [0, 0.1) is 5.92 Å². The van der Waals surface area contributed by atoms with E-state index in [2.05, 4.69) is 4.74 Å². The van der Waals surface area contributed by atoms with Gasteiger partial charge in [0.25, 0.3) is 0 Å². The molecule has 0 aromatic heterocycles. The molecule has 5 heteroatoms. The van der Waals surface area contributed by atoms with E-state index in [9.17, 15) is 14.7 Å². The van der Waals surface area contributed by atoms with Gasteiger partial charge in [0, 0.05) is 13.0 Å². The summed E-state index contributed by atoms with van der Waals surface area (Å²) in [4.78, 5) is 24.6. The highest BCUT2D eigenvalue weighted by Crippen LogP contribution is 2.22. The Morgan fingerprint density at radius 1 is 1.69 bits per heavy atom. The monoisotopic (exact) mass is 229 g/mol. The molecule has 1 rings (SSSR count). The normalized spacial score (nSPS) is 22.3. The van der Waals surface area contributed by atoms with Crippen LogP contribution in [0.3, 0.4) is 0 Å². The Morgan fingerprint density at radius 3 is 2.88 bits per heavy atom. The molecule has 0 bridgehead atoms. The number of amides is 1. The standard InChI is InChI=1S/C11H19NO4/c1-3-4-9(7-13)12-6-8(5-10(12)14)11(15)16-2/h8-9,13H,3-7H2,1-2H3. The number of hydrogen-bond acceptors (Lipinski definition) is 4. The van der Waals surface area contributed by atoms with Gasteiger partial charge in [-0.3, -0.25) is 9.59 Å². The van der Waals surface area contributed by atoms with Gasteiger partial charge in [0.1, 0.15) is 0 Å². The SMILES string of the molecule is CCCC(CO)N1CC(C(=O)OC)CC1=O. The zero-order valence-corrected chi connectivity index (χ0v) is 9.81. The Morgan fingerprint density at radius 2 is 2.38 bits per heavy atom. The van der Waals surface area contributed by atoms with Gasteiger partial charge in [-0.05, 0) is 6.42 Å². The number of aliphatic hydroxyl groups excluding tert-OH is 1. The molecule has 1 amide bonds. The first kappa shape index (κ1) is 13.0. The van der Waals surface area contributed by atoms with E-state index in [0.29, 0.717) is 6.54 Å². The molecule has 0 aliphatic carbocycles. The van der Waals surface area contributed by atoms with Crippen molar-refractivity contribution in [1.82, 2.24) is 4.90 Å². The van der Waals surface area contributed by atoms with Crippen LogP contribution in [0.4, 0.5) is 0 Å². The maximum atomic E-state index is 11.7. The summed E-state index contributed by atoms with van der Waals surface area (Å²) in [6.07, 6.45) is 1.86. The van der Waals surface area contributed by atoms with Gasteiger partial charge in [-0.2, -0.15) is 0 Å². The molecule has 1 aliphatic rings.